The van der Waals surface area contributed by atoms with Crippen LogP contribution in [0.1, 0.15) is 5.56 Å². The van der Waals surface area contributed by atoms with Gasteiger partial charge in [0.25, 0.3) is 0 Å². The summed E-state index contributed by atoms with van der Waals surface area (Å²) in [6.45, 7) is 3.59. The molecule has 2 aromatic rings. The Bertz CT molecular complexity index is 533. The first-order valence-corrected chi connectivity index (χ1v) is 5.23. The van der Waals surface area contributed by atoms with E-state index in [1.807, 2.05) is 30.3 Å². The van der Waals surface area contributed by atoms with Crippen molar-refractivity contribution in [2.45, 2.75) is 6.54 Å². The van der Waals surface area contributed by atoms with E-state index < -0.39 is 5.82 Å². The SMILES string of the molecule is C=NOc1ncc(F)c(NCc2ccccc2)n1. The number of aromatic nitrogens is 2. The largest absolute Gasteiger partial charge is 0.363 e. The summed E-state index contributed by atoms with van der Waals surface area (Å²) in [5.41, 5.74) is 1.01. The monoisotopic (exact) mass is 246 g/mol. The molecule has 1 N–H and O–H groups in total. The van der Waals surface area contributed by atoms with E-state index in [4.69, 9.17) is 0 Å². The molecule has 1 aromatic carbocycles. The van der Waals surface area contributed by atoms with Crippen molar-refractivity contribution in [1.29, 1.82) is 0 Å². The van der Waals surface area contributed by atoms with Gasteiger partial charge in [-0.15, -0.1) is 0 Å². The first-order valence-electron chi connectivity index (χ1n) is 5.23. The number of nitrogens with zero attached hydrogens (tertiary/aromatic N) is 3. The second-order valence-electron chi connectivity index (χ2n) is 3.41. The minimum Gasteiger partial charge on any atom is -0.363 e. The Morgan fingerprint density at radius 1 is 1.33 bits per heavy atom. The lowest BCUT2D eigenvalue weighted by Crippen LogP contribution is -2.05. The van der Waals surface area contributed by atoms with Gasteiger partial charge in [0.1, 0.15) is 0 Å². The first-order chi connectivity index (χ1) is 8.79. The Labute approximate surface area is 103 Å². The normalized spacial score (nSPS) is 9.83. The molecule has 0 aliphatic carbocycles. The maximum atomic E-state index is 13.4. The molecule has 18 heavy (non-hydrogen) atoms. The van der Waals surface area contributed by atoms with Gasteiger partial charge in [-0.1, -0.05) is 35.5 Å². The number of anilines is 1. The number of nitrogens with one attached hydrogen (secondary N) is 1. The minimum atomic E-state index is -0.553. The Kier molecular flexibility index (Phi) is 3.80. The third-order valence-electron chi connectivity index (χ3n) is 2.17. The van der Waals surface area contributed by atoms with Crippen LogP contribution in [0, 0.1) is 5.82 Å². The van der Waals surface area contributed by atoms with E-state index in [-0.39, 0.29) is 11.8 Å². The van der Waals surface area contributed by atoms with Gasteiger partial charge in [-0.25, -0.2) is 4.39 Å². The lowest BCUT2D eigenvalue weighted by Gasteiger charge is -2.06. The van der Waals surface area contributed by atoms with Gasteiger partial charge in [0.2, 0.25) is 0 Å². The Morgan fingerprint density at radius 3 is 2.83 bits per heavy atom. The summed E-state index contributed by atoms with van der Waals surface area (Å²) < 4.78 is 13.4. The number of benzene rings is 1. The zero-order chi connectivity index (χ0) is 12.8. The van der Waals surface area contributed by atoms with Crippen LogP contribution in [0.3, 0.4) is 0 Å². The molecule has 0 fully saturated rings. The standard InChI is InChI=1S/C12H11FN4O/c1-14-18-12-16-8-10(13)11(17-12)15-7-9-5-3-2-4-6-9/h2-6,8H,1,7H2,(H,15,16,17). The second-order valence-corrected chi connectivity index (χ2v) is 3.41. The first kappa shape index (κ1) is 12.0. The summed E-state index contributed by atoms with van der Waals surface area (Å²) in [5.74, 6) is -0.491. The summed E-state index contributed by atoms with van der Waals surface area (Å²) in [5, 5.41) is 6.03. The molecule has 5 nitrogen and oxygen atoms in total. The molecule has 0 atom stereocenters. The molecule has 1 heterocycles. The molecule has 0 aliphatic rings. The number of halogens is 1. The van der Waals surface area contributed by atoms with Crippen molar-refractivity contribution in [3.8, 4) is 6.01 Å². The average molecular weight is 246 g/mol. The fourth-order valence-electron chi connectivity index (χ4n) is 1.36. The fraction of sp³-hybridized carbons (Fsp3) is 0.0833. The highest BCUT2D eigenvalue weighted by Crippen LogP contribution is 2.14. The van der Waals surface area contributed by atoms with E-state index in [0.717, 1.165) is 11.8 Å². The highest BCUT2D eigenvalue weighted by molar-refractivity contribution is 5.37. The van der Waals surface area contributed by atoms with E-state index in [0.29, 0.717) is 6.54 Å². The van der Waals surface area contributed by atoms with Gasteiger partial charge in [0.05, 0.1) is 6.20 Å². The highest BCUT2D eigenvalue weighted by atomic mass is 19.1. The molecule has 92 valence electrons. The number of oxime groups is 1. The lowest BCUT2D eigenvalue weighted by molar-refractivity contribution is 0.315. The van der Waals surface area contributed by atoms with Crippen LogP contribution >= 0.6 is 0 Å². The molecule has 0 aliphatic heterocycles. The zero-order valence-electron chi connectivity index (χ0n) is 9.51. The molecular formula is C12H11FN4O. The Balaban J connectivity index is 2.08. The van der Waals surface area contributed by atoms with E-state index >= 15 is 0 Å². The van der Waals surface area contributed by atoms with Gasteiger partial charge in [-0.05, 0) is 5.56 Å². The van der Waals surface area contributed by atoms with E-state index in [2.05, 4.69) is 32.0 Å². The molecule has 0 radical (unpaired) electrons. The minimum absolute atomic E-state index is 0.0537. The third-order valence-corrected chi connectivity index (χ3v) is 2.17. The average Bonchev–Trinajstić information content (AvgIpc) is 2.41. The van der Waals surface area contributed by atoms with Gasteiger partial charge in [0.15, 0.2) is 11.6 Å². The van der Waals surface area contributed by atoms with Gasteiger partial charge in [-0.2, -0.15) is 9.97 Å². The molecular weight excluding hydrogens is 235 g/mol. The highest BCUT2D eigenvalue weighted by Gasteiger charge is 2.07. The fourth-order valence-corrected chi connectivity index (χ4v) is 1.36. The summed E-state index contributed by atoms with van der Waals surface area (Å²) in [4.78, 5) is 12.1. The van der Waals surface area contributed by atoms with Gasteiger partial charge < -0.3 is 10.2 Å². The van der Waals surface area contributed by atoms with E-state index in [1.165, 1.54) is 0 Å². The van der Waals surface area contributed by atoms with Crippen LogP contribution in [0.2, 0.25) is 0 Å². The van der Waals surface area contributed by atoms with Crippen LogP contribution < -0.4 is 10.2 Å². The van der Waals surface area contributed by atoms with Crippen LogP contribution in [0.4, 0.5) is 10.2 Å². The van der Waals surface area contributed by atoms with Gasteiger partial charge in [-0.3, -0.25) is 0 Å². The maximum Gasteiger partial charge on any atom is 0.347 e. The molecule has 0 spiro atoms. The summed E-state index contributed by atoms with van der Waals surface area (Å²) in [7, 11) is 0. The maximum absolute atomic E-state index is 13.4. The topological polar surface area (TPSA) is 59.4 Å². The molecule has 0 unspecified atom stereocenters. The summed E-state index contributed by atoms with van der Waals surface area (Å²) in [6.07, 6.45) is 1.01. The Hall–Kier alpha value is -2.50. The molecule has 0 amide bonds. The van der Waals surface area contributed by atoms with Crippen LogP contribution in [0.15, 0.2) is 41.7 Å². The molecule has 0 bridgehead atoms. The van der Waals surface area contributed by atoms with Gasteiger partial charge in [0, 0.05) is 13.3 Å². The number of hydrogen-bond acceptors (Lipinski definition) is 5. The van der Waals surface area contributed by atoms with Crippen LogP contribution in [0.25, 0.3) is 0 Å². The van der Waals surface area contributed by atoms with Crippen LogP contribution in [-0.2, 0) is 6.54 Å². The van der Waals surface area contributed by atoms with Crippen molar-refractivity contribution < 1.29 is 9.23 Å². The van der Waals surface area contributed by atoms with E-state index in [1.54, 1.807) is 0 Å². The van der Waals surface area contributed by atoms with Crippen molar-refractivity contribution in [3.05, 3.63) is 47.9 Å². The Morgan fingerprint density at radius 2 is 2.11 bits per heavy atom. The van der Waals surface area contributed by atoms with Crippen molar-refractivity contribution >= 4 is 12.5 Å². The number of hydrogen-bond donors (Lipinski definition) is 1. The zero-order valence-corrected chi connectivity index (χ0v) is 9.51. The quantitative estimate of drug-likeness (QED) is 0.649. The molecule has 0 saturated carbocycles. The van der Waals surface area contributed by atoms with E-state index in [9.17, 15) is 4.39 Å². The molecule has 6 heteroatoms. The predicted octanol–water partition coefficient (Wildman–Crippen LogP) is 2.22. The predicted molar refractivity (Wildman–Crippen MR) is 65.9 cm³/mol. The summed E-state index contributed by atoms with van der Waals surface area (Å²) >= 11 is 0. The second kappa shape index (κ2) is 5.72. The summed E-state index contributed by atoms with van der Waals surface area (Å²) in [6, 6.07) is 9.52. The van der Waals surface area contributed by atoms with Crippen molar-refractivity contribution in [3.63, 3.8) is 0 Å². The molecule has 1 aromatic heterocycles. The van der Waals surface area contributed by atoms with Crippen LogP contribution in [-0.4, -0.2) is 16.7 Å². The molecule has 2 rings (SSSR count). The lowest BCUT2D eigenvalue weighted by atomic mass is 10.2. The molecule has 0 saturated heterocycles. The van der Waals surface area contributed by atoms with Gasteiger partial charge >= 0.3 is 6.01 Å². The van der Waals surface area contributed by atoms with Crippen molar-refractivity contribution in [2.75, 3.05) is 5.32 Å². The van der Waals surface area contributed by atoms with Crippen molar-refractivity contribution in [1.82, 2.24) is 9.97 Å². The number of rotatable bonds is 5. The smallest absolute Gasteiger partial charge is 0.347 e. The van der Waals surface area contributed by atoms with Crippen molar-refractivity contribution in [2.24, 2.45) is 5.16 Å². The third kappa shape index (κ3) is 3.00. The van der Waals surface area contributed by atoms with Crippen LogP contribution in [0.5, 0.6) is 6.01 Å².